The van der Waals surface area contributed by atoms with Gasteiger partial charge in [0.15, 0.2) is 5.69 Å². The number of hydrogen-bond donors (Lipinski definition) is 1. The first kappa shape index (κ1) is 13.2. The van der Waals surface area contributed by atoms with E-state index in [2.05, 4.69) is 10.4 Å². The zero-order chi connectivity index (χ0) is 13.0. The molecule has 0 saturated carbocycles. The smallest absolute Gasteiger partial charge is 0.356 e. The number of aryl methyl sites for hydroxylation is 1. The fourth-order valence-electron chi connectivity index (χ4n) is 1.31. The van der Waals surface area contributed by atoms with Crippen LogP contribution in [0.1, 0.15) is 41.7 Å². The molecule has 1 heterocycles. The number of rotatable bonds is 4. The average molecular weight is 239 g/mol. The molecule has 0 aromatic carbocycles. The van der Waals surface area contributed by atoms with Crippen LogP contribution in [-0.2, 0) is 11.8 Å². The van der Waals surface area contributed by atoms with E-state index in [0.717, 1.165) is 0 Å². The fourth-order valence-corrected chi connectivity index (χ4v) is 1.31. The summed E-state index contributed by atoms with van der Waals surface area (Å²) in [5.74, 6) is -0.780. The highest BCUT2D eigenvalue weighted by Crippen LogP contribution is 2.05. The van der Waals surface area contributed by atoms with Crippen LogP contribution < -0.4 is 5.32 Å². The van der Waals surface area contributed by atoms with E-state index >= 15 is 0 Å². The van der Waals surface area contributed by atoms with Gasteiger partial charge in [0.25, 0.3) is 5.91 Å². The maximum atomic E-state index is 11.7. The molecule has 0 bridgehead atoms. The molecule has 0 aliphatic rings. The molecule has 0 unspecified atom stereocenters. The lowest BCUT2D eigenvalue weighted by Crippen LogP contribution is -2.30. The van der Waals surface area contributed by atoms with Gasteiger partial charge in [-0.1, -0.05) is 0 Å². The Balaban J connectivity index is 2.88. The molecule has 1 rings (SSSR count). The Bertz CT molecular complexity index is 424. The minimum Gasteiger partial charge on any atom is -0.461 e. The highest BCUT2D eigenvalue weighted by Gasteiger charge is 2.18. The highest BCUT2D eigenvalue weighted by molar-refractivity contribution is 5.96. The van der Waals surface area contributed by atoms with Gasteiger partial charge < -0.3 is 10.1 Å². The van der Waals surface area contributed by atoms with Gasteiger partial charge in [-0.3, -0.25) is 9.48 Å². The SMILES string of the molecule is CCOC(=O)c1cc(C(=O)NC(C)C)nn1C. The molecular weight excluding hydrogens is 222 g/mol. The molecule has 6 heteroatoms. The quantitative estimate of drug-likeness (QED) is 0.786. The van der Waals surface area contributed by atoms with E-state index in [1.165, 1.54) is 10.7 Å². The number of carbonyl (C=O) groups excluding carboxylic acids is 2. The summed E-state index contributed by atoms with van der Waals surface area (Å²) in [6.07, 6.45) is 0. The second-order valence-corrected chi connectivity index (χ2v) is 3.89. The second kappa shape index (κ2) is 5.47. The highest BCUT2D eigenvalue weighted by atomic mass is 16.5. The number of carbonyl (C=O) groups is 2. The Kier molecular flexibility index (Phi) is 4.25. The first-order valence-electron chi connectivity index (χ1n) is 5.47. The average Bonchev–Trinajstić information content (AvgIpc) is 2.60. The summed E-state index contributed by atoms with van der Waals surface area (Å²) in [6, 6.07) is 1.45. The second-order valence-electron chi connectivity index (χ2n) is 3.89. The van der Waals surface area contributed by atoms with Crippen LogP contribution in [0.5, 0.6) is 0 Å². The van der Waals surface area contributed by atoms with Crippen molar-refractivity contribution in [1.82, 2.24) is 15.1 Å². The van der Waals surface area contributed by atoms with Gasteiger partial charge in [0.2, 0.25) is 0 Å². The Morgan fingerprint density at radius 1 is 1.53 bits per heavy atom. The Hall–Kier alpha value is -1.85. The standard InChI is InChI=1S/C11H17N3O3/c1-5-17-11(16)9-6-8(13-14(9)4)10(15)12-7(2)3/h6-7H,5H2,1-4H3,(H,12,15). The van der Waals surface area contributed by atoms with Crippen LogP contribution in [0.4, 0.5) is 0 Å². The van der Waals surface area contributed by atoms with Gasteiger partial charge in [0.1, 0.15) is 5.69 Å². The molecule has 6 nitrogen and oxygen atoms in total. The van der Waals surface area contributed by atoms with Crippen LogP contribution >= 0.6 is 0 Å². The van der Waals surface area contributed by atoms with Gasteiger partial charge in [-0.15, -0.1) is 0 Å². The molecule has 0 aliphatic heterocycles. The number of aromatic nitrogens is 2. The van der Waals surface area contributed by atoms with Gasteiger partial charge >= 0.3 is 5.97 Å². The summed E-state index contributed by atoms with van der Waals surface area (Å²) in [5, 5.41) is 6.67. The van der Waals surface area contributed by atoms with Gasteiger partial charge in [-0.05, 0) is 20.8 Å². The van der Waals surface area contributed by atoms with Gasteiger partial charge in [-0.2, -0.15) is 5.10 Å². The van der Waals surface area contributed by atoms with Crippen molar-refractivity contribution in [3.8, 4) is 0 Å². The van der Waals surface area contributed by atoms with Crippen LogP contribution in [-0.4, -0.2) is 34.3 Å². The molecule has 0 fully saturated rings. The minimum absolute atomic E-state index is 0.0237. The molecule has 1 N–H and O–H groups in total. The van der Waals surface area contributed by atoms with E-state index in [0.29, 0.717) is 0 Å². The van der Waals surface area contributed by atoms with Crippen molar-refractivity contribution in [2.45, 2.75) is 26.8 Å². The zero-order valence-electron chi connectivity index (χ0n) is 10.5. The van der Waals surface area contributed by atoms with Gasteiger partial charge in [-0.25, -0.2) is 4.79 Å². The molecule has 0 atom stereocenters. The summed E-state index contributed by atoms with van der Waals surface area (Å²) >= 11 is 0. The molecule has 0 radical (unpaired) electrons. The molecule has 1 aromatic heterocycles. The molecule has 1 aromatic rings. The molecule has 94 valence electrons. The number of amides is 1. The first-order valence-corrected chi connectivity index (χ1v) is 5.47. The monoisotopic (exact) mass is 239 g/mol. The normalized spacial score (nSPS) is 10.4. The molecule has 17 heavy (non-hydrogen) atoms. The number of esters is 1. The minimum atomic E-state index is -0.480. The van der Waals surface area contributed by atoms with E-state index in [1.807, 2.05) is 13.8 Å². The Morgan fingerprint density at radius 2 is 2.18 bits per heavy atom. The van der Waals surface area contributed by atoms with Crippen LogP contribution in [0.3, 0.4) is 0 Å². The molecule has 0 saturated heterocycles. The fraction of sp³-hybridized carbons (Fsp3) is 0.545. The first-order chi connectivity index (χ1) is 7.95. The van der Waals surface area contributed by atoms with Crippen molar-refractivity contribution in [3.05, 3.63) is 17.5 Å². The number of nitrogens with zero attached hydrogens (tertiary/aromatic N) is 2. The van der Waals surface area contributed by atoms with E-state index < -0.39 is 5.97 Å². The topological polar surface area (TPSA) is 73.2 Å². The largest absolute Gasteiger partial charge is 0.461 e. The van der Waals surface area contributed by atoms with Crippen LogP contribution in [0, 0.1) is 0 Å². The lowest BCUT2D eigenvalue weighted by Gasteiger charge is -2.04. The maximum absolute atomic E-state index is 11.7. The summed E-state index contributed by atoms with van der Waals surface area (Å²) in [6.45, 7) is 5.72. The zero-order valence-corrected chi connectivity index (χ0v) is 10.5. The third-order valence-corrected chi connectivity index (χ3v) is 2.02. The maximum Gasteiger partial charge on any atom is 0.356 e. The van der Waals surface area contributed by atoms with Crippen molar-refractivity contribution in [2.24, 2.45) is 7.05 Å². The molecule has 1 amide bonds. The molecule has 0 aliphatic carbocycles. The van der Waals surface area contributed by atoms with E-state index in [4.69, 9.17) is 4.74 Å². The van der Waals surface area contributed by atoms with Crippen LogP contribution in [0.15, 0.2) is 6.07 Å². The van der Waals surface area contributed by atoms with E-state index in [-0.39, 0.29) is 29.9 Å². The van der Waals surface area contributed by atoms with Gasteiger partial charge in [0, 0.05) is 19.2 Å². The van der Waals surface area contributed by atoms with Crippen molar-refractivity contribution in [1.29, 1.82) is 0 Å². The van der Waals surface area contributed by atoms with E-state index in [1.54, 1.807) is 14.0 Å². The van der Waals surface area contributed by atoms with Crippen molar-refractivity contribution < 1.29 is 14.3 Å². The van der Waals surface area contributed by atoms with E-state index in [9.17, 15) is 9.59 Å². The predicted molar refractivity (Wildman–Crippen MR) is 61.8 cm³/mol. The number of ether oxygens (including phenoxy) is 1. The summed E-state index contributed by atoms with van der Waals surface area (Å²) in [4.78, 5) is 23.2. The Labute approximate surface area is 99.9 Å². The van der Waals surface area contributed by atoms with Crippen molar-refractivity contribution in [2.75, 3.05) is 6.61 Å². The third-order valence-electron chi connectivity index (χ3n) is 2.02. The predicted octanol–water partition coefficient (Wildman–Crippen LogP) is 0.735. The third kappa shape index (κ3) is 3.30. The van der Waals surface area contributed by atoms with Crippen LogP contribution in [0.25, 0.3) is 0 Å². The summed E-state index contributed by atoms with van der Waals surface area (Å²) in [7, 11) is 1.60. The summed E-state index contributed by atoms with van der Waals surface area (Å²) < 4.78 is 6.19. The Morgan fingerprint density at radius 3 is 2.71 bits per heavy atom. The van der Waals surface area contributed by atoms with Crippen LogP contribution in [0.2, 0.25) is 0 Å². The number of nitrogens with one attached hydrogen (secondary N) is 1. The molecule has 0 spiro atoms. The lowest BCUT2D eigenvalue weighted by atomic mass is 10.3. The lowest BCUT2D eigenvalue weighted by molar-refractivity contribution is 0.0513. The molecular formula is C11H17N3O3. The summed E-state index contributed by atoms with van der Waals surface area (Å²) in [5.41, 5.74) is 0.477. The number of hydrogen-bond acceptors (Lipinski definition) is 4. The van der Waals surface area contributed by atoms with Crippen molar-refractivity contribution in [3.63, 3.8) is 0 Å². The van der Waals surface area contributed by atoms with Crippen molar-refractivity contribution >= 4 is 11.9 Å². The van der Waals surface area contributed by atoms with Gasteiger partial charge in [0.05, 0.1) is 6.61 Å².